The maximum atomic E-state index is 12.0. The van der Waals surface area contributed by atoms with Gasteiger partial charge in [-0.25, -0.2) is 4.98 Å². The van der Waals surface area contributed by atoms with Gasteiger partial charge in [0.1, 0.15) is 0 Å². The van der Waals surface area contributed by atoms with Crippen molar-refractivity contribution in [2.45, 2.75) is 23.4 Å². The van der Waals surface area contributed by atoms with E-state index >= 15 is 0 Å². The van der Waals surface area contributed by atoms with E-state index < -0.39 is 0 Å². The number of anilines is 1. The summed E-state index contributed by atoms with van der Waals surface area (Å²) in [7, 11) is 0. The summed E-state index contributed by atoms with van der Waals surface area (Å²) in [6, 6.07) is 9.53. The molecule has 0 aliphatic heterocycles. The zero-order valence-electron chi connectivity index (χ0n) is 13.2. The van der Waals surface area contributed by atoms with Gasteiger partial charge in [0, 0.05) is 11.1 Å². The van der Waals surface area contributed by atoms with E-state index in [2.05, 4.69) is 26.6 Å². The lowest BCUT2D eigenvalue weighted by Crippen LogP contribution is -2.14. The highest BCUT2D eigenvalue weighted by atomic mass is 32.2. The molecule has 2 aromatic heterocycles. The van der Waals surface area contributed by atoms with E-state index in [1.54, 1.807) is 23.9 Å². The van der Waals surface area contributed by atoms with E-state index in [0.717, 1.165) is 26.4 Å². The van der Waals surface area contributed by atoms with Crippen LogP contribution in [0.1, 0.15) is 21.8 Å². The van der Waals surface area contributed by atoms with Crippen molar-refractivity contribution in [3.8, 4) is 6.07 Å². The highest BCUT2D eigenvalue weighted by molar-refractivity contribution is 8.00. The summed E-state index contributed by atoms with van der Waals surface area (Å²) in [6.07, 6.45) is 0.234. The summed E-state index contributed by atoms with van der Waals surface area (Å²) in [5.41, 5.74) is 2.51. The van der Waals surface area contributed by atoms with E-state index in [0.29, 0.717) is 10.7 Å². The zero-order valence-corrected chi connectivity index (χ0v) is 15.7. The number of rotatable bonds is 6. The van der Waals surface area contributed by atoms with Gasteiger partial charge in [-0.3, -0.25) is 4.79 Å². The van der Waals surface area contributed by atoms with Crippen LogP contribution in [-0.2, 0) is 17.0 Å². The van der Waals surface area contributed by atoms with Gasteiger partial charge < -0.3 is 5.32 Å². The molecule has 0 radical (unpaired) electrons. The van der Waals surface area contributed by atoms with Crippen LogP contribution in [0.25, 0.3) is 0 Å². The van der Waals surface area contributed by atoms with Crippen molar-refractivity contribution in [1.82, 2.24) is 15.2 Å². The van der Waals surface area contributed by atoms with E-state index in [-0.39, 0.29) is 12.3 Å². The molecule has 0 unspecified atom stereocenters. The van der Waals surface area contributed by atoms with Crippen molar-refractivity contribution < 1.29 is 4.79 Å². The predicted octanol–water partition coefficient (Wildman–Crippen LogP) is 3.65. The molecule has 0 atom stereocenters. The Morgan fingerprint density at radius 3 is 2.80 bits per heavy atom. The Bertz CT molecular complexity index is 911. The summed E-state index contributed by atoms with van der Waals surface area (Å²) >= 11 is 4.41. The molecular weight excluding hydrogens is 374 g/mol. The third-order valence-electron chi connectivity index (χ3n) is 3.11. The second-order valence-corrected chi connectivity index (χ2v) is 8.32. The molecule has 6 nitrogen and oxygen atoms in total. The number of nitrogens with one attached hydrogen (secondary N) is 1. The third kappa shape index (κ3) is 5.09. The minimum atomic E-state index is -0.148. The van der Waals surface area contributed by atoms with Gasteiger partial charge in [0.25, 0.3) is 0 Å². The summed E-state index contributed by atoms with van der Waals surface area (Å²) in [4.78, 5) is 16.3. The van der Waals surface area contributed by atoms with E-state index in [9.17, 15) is 4.79 Å². The number of thioether (sulfide) groups is 1. The third-order valence-corrected chi connectivity index (χ3v) is 5.97. The number of aryl methyl sites for hydroxylation is 1. The zero-order chi connectivity index (χ0) is 17.6. The molecule has 2 heterocycles. The van der Waals surface area contributed by atoms with E-state index in [1.807, 2.05) is 24.4 Å². The van der Waals surface area contributed by atoms with Crippen molar-refractivity contribution in [1.29, 1.82) is 5.26 Å². The Hall–Kier alpha value is -2.28. The van der Waals surface area contributed by atoms with Crippen LogP contribution in [0.5, 0.6) is 0 Å². The SMILES string of the molecule is Cc1nc(CC(=O)Nc2nnc(SCc3ccc(C#N)cc3)s2)cs1. The van der Waals surface area contributed by atoms with Crippen LogP contribution in [0, 0.1) is 18.3 Å². The van der Waals surface area contributed by atoms with Crippen molar-refractivity contribution in [3.05, 3.63) is 51.5 Å². The van der Waals surface area contributed by atoms with Crippen LogP contribution in [0.3, 0.4) is 0 Å². The fourth-order valence-corrected chi connectivity index (χ4v) is 4.29. The number of benzene rings is 1. The van der Waals surface area contributed by atoms with Crippen LogP contribution in [0.15, 0.2) is 34.0 Å². The normalized spacial score (nSPS) is 10.4. The number of hydrogen-bond donors (Lipinski definition) is 1. The van der Waals surface area contributed by atoms with Crippen LogP contribution >= 0.6 is 34.4 Å². The molecule has 0 aliphatic carbocycles. The Balaban J connectivity index is 1.51. The monoisotopic (exact) mass is 387 g/mol. The van der Waals surface area contributed by atoms with Gasteiger partial charge in [-0.2, -0.15) is 5.26 Å². The number of aromatic nitrogens is 3. The molecule has 3 aromatic rings. The van der Waals surface area contributed by atoms with Crippen molar-refractivity contribution in [2.24, 2.45) is 0 Å². The molecule has 1 N–H and O–H groups in total. The van der Waals surface area contributed by atoms with Crippen LogP contribution < -0.4 is 5.32 Å². The highest BCUT2D eigenvalue weighted by Crippen LogP contribution is 2.28. The number of nitrogens with zero attached hydrogens (tertiary/aromatic N) is 4. The van der Waals surface area contributed by atoms with Crippen LogP contribution in [0.4, 0.5) is 5.13 Å². The van der Waals surface area contributed by atoms with Gasteiger partial charge in [0.2, 0.25) is 11.0 Å². The van der Waals surface area contributed by atoms with Crippen molar-refractivity contribution in [2.75, 3.05) is 5.32 Å². The minimum absolute atomic E-state index is 0.148. The Kier molecular flexibility index (Phi) is 5.75. The molecule has 1 aromatic carbocycles. The first kappa shape index (κ1) is 17.5. The number of carbonyl (C=O) groups is 1. The smallest absolute Gasteiger partial charge is 0.232 e. The lowest BCUT2D eigenvalue weighted by molar-refractivity contribution is -0.115. The maximum Gasteiger partial charge on any atom is 0.232 e. The molecule has 0 spiro atoms. The topological polar surface area (TPSA) is 91.6 Å². The molecule has 9 heteroatoms. The Morgan fingerprint density at radius 1 is 1.32 bits per heavy atom. The van der Waals surface area contributed by atoms with Crippen LogP contribution in [0.2, 0.25) is 0 Å². The molecule has 25 heavy (non-hydrogen) atoms. The lowest BCUT2D eigenvalue weighted by Gasteiger charge is -1.99. The average Bonchev–Trinajstić information content (AvgIpc) is 3.22. The largest absolute Gasteiger partial charge is 0.300 e. The standard InChI is InChI=1S/C16H13N5OS3/c1-10-18-13(9-23-10)6-14(22)19-15-20-21-16(25-15)24-8-12-4-2-11(7-17)3-5-12/h2-5,9H,6,8H2,1H3,(H,19,20,22). The summed E-state index contributed by atoms with van der Waals surface area (Å²) < 4.78 is 0.782. The quantitative estimate of drug-likeness (QED) is 0.513. The number of carbonyl (C=O) groups excluding carboxylic acids is 1. The Labute approximate surface area is 157 Å². The number of hydrogen-bond acceptors (Lipinski definition) is 8. The number of nitriles is 1. The molecular formula is C16H13N5OS3. The molecule has 0 bridgehead atoms. The molecule has 0 saturated carbocycles. The van der Waals surface area contributed by atoms with Crippen molar-refractivity contribution >= 4 is 45.5 Å². The highest BCUT2D eigenvalue weighted by Gasteiger charge is 2.11. The average molecular weight is 388 g/mol. The first-order chi connectivity index (χ1) is 12.1. The molecule has 126 valence electrons. The number of thiazole rings is 1. The van der Waals surface area contributed by atoms with Gasteiger partial charge in [0.15, 0.2) is 4.34 Å². The van der Waals surface area contributed by atoms with Crippen molar-refractivity contribution in [3.63, 3.8) is 0 Å². The summed E-state index contributed by atoms with van der Waals surface area (Å²) in [5.74, 6) is 0.580. The summed E-state index contributed by atoms with van der Waals surface area (Å²) in [6.45, 7) is 1.91. The second-order valence-electron chi connectivity index (χ2n) is 5.05. The Morgan fingerprint density at radius 2 is 2.12 bits per heavy atom. The van der Waals surface area contributed by atoms with Gasteiger partial charge in [-0.1, -0.05) is 35.2 Å². The van der Waals surface area contributed by atoms with E-state index in [4.69, 9.17) is 5.26 Å². The van der Waals surface area contributed by atoms with Gasteiger partial charge in [-0.05, 0) is 24.6 Å². The van der Waals surface area contributed by atoms with Crippen LogP contribution in [-0.4, -0.2) is 21.1 Å². The molecule has 0 saturated heterocycles. The maximum absolute atomic E-state index is 12.0. The molecule has 0 aliphatic rings. The van der Waals surface area contributed by atoms with Gasteiger partial charge in [-0.15, -0.1) is 21.5 Å². The fraction of sp³-hybridized carbons (Fsp3) is 0.188. The second kappa shape index (κ2) is 8.20. The summed E-state index contributed by atoms with van der Waals surface area (Å²) in [5, 5.41) is 22.9. The fourth-order valence-electron chi connectivity index (χ4n) is 1.96. The molecule has 3 rings (SSSR count). The molecule has 0 fully saturated rings. The lowest BCUT2D eigenvalue weighted by atomic mass is 10.2. The first-order valence-electron chi connectivity index (χ1n) is 7.28. The minimum Gasteiger partial charge on any atom is -0.300 e. The number of amides is 1. The van der Waals surface area contributed by atoms with Gasteiger partial charge in [0.05, 0.1) is 28.8 Å². The van der Waals surface area contributed by atoms with E-state index in [1.165, 1.54) is 22.7 Å². The molecule has 1 amide bonds. The first-order valence-corrected chi connectivity index (χ1v) is 9.97. The predicted molar refractivity (Wildman–Crippen MR) is 99.8 cm³/mol. The van der Waals surface area contributed by atoms with Gasteiger partial charge >= 0.3 is 0 Å².